The van der Waals surface area contributed by atoms with E-state index in [0.29, 0.717) is 6.61 Å². The summed E-state index contributed by atoms with van der Waals surface area (Å²) in [5.74, 6) is 0.426. The molecule has 12 heavy (non-hydrogen) atoms. The van der Waals surface area contributed by atoms with Crippen LogP contribution in [0.25, 0.3) is 0 Å². The minimum absolute atomic E-state index is 0.0109. The Hall–Kier alpha value is -1.51. The third-order valence-electron chi connectivity index (χ3n) is 1.71. The maximum atomic E-state index is 10.8. The van der Waals surface area contributed by atoms with E-state index in [-0.39, 0.29) is 12.6 Å². The van der Waals surface area contributed by atoms with E-state index in [9.17, 15) is 4.79 Å². The van der Waals surface area contributed by atoms with Crippen LogP contribution in [0.4, 0.5) is 0 Å². The summed E-state index contributed by atoms with van der Waals surface area (Å²) in [4.78, 5) is 10.8. The second-order valence-corrected chi connectivity index (χ2v) is 2.56. The van der Waals surface area contributed by atoms with Gasteiger partial charge in [-0.3, -0.25) is 0 Å². The standard InChI is InChI=1S/C9H8O3/c10-9-6-11-8-4-2-1-3-7(8)5-12-9/h1-4H,5-6H2. The predicted octanol–water partition coefficient (Wildman–Crippen LogP) is 1.12. The Morgan fingerprint density at radius 3 is 2.83 bits per heavy atom. The fraction of sp³-hybridized carbons (Fsp3) is 0.222. The van der Waals surface area contributed by atoms with Gasteiger partial charge in [-0.2, -0.15) is 0 Å². The number of carbonyl (C=O) groups is 1. The van der Waals surface area contributed by atoms with Crippen LogP contribution in [0.2, 0.25) is 0 Å². The van der Waals surface area contributed by atoms with Gasteiger partial charge in [0.25, 0.3) is 0 Å². The summed E-state index contributed by atoms with van der Waals surface area (Å²) < 4.78 is 10.1. The highest BCUT2D eigenvalue weighted by atomic mass is 16.6. The maximum Gasteiger partial charge on any atom is 0.344 e. The number of esters is 1. The zero-order valence-electron chi connectivity index (χ0n) is 6.45. The molecular weight excluding hydrogens is 156 g/mol. The number of cyclic esters (lactones) is 1. The Kier molecular flexibility index (Phi) is 1.70. The molecule has 0 radical (unpaired) electrons. The number of hydrogen-bond acceptors (Lipinski definition) is 3. The average molecular weight is 164 g/mol. The Morgan fingerprint density at radius 1 is 1.08 bits per heavy atom. The molecular formula is C9H8O3. The van der Waals surface area contributed by atoms with Crippen LogP contribution in [0.5, 0.6) is 5.75 Å². The zero-order valence-corrected chi connectivity index (χ0v) is 6.45. The molecule has 0 N–H and O–H groups in total. The summed E-state index contributed by atoms with van der Waals surface area (Å²) in [6.45, 7) is 0.325. The van der Waals surface area contributed by atoms with Gasteiger partial charge in [0.2, 0.25) is 0 Å². The van der Waals surface area contributed by atoms with Gasteiger partial charge in [-0.15, -0.1) is 0 Å². The first-order valence-corrected chi connectivity index (χ1v) is 3.72. The fourth-order valence-corrected chi connectivity index (χ4v) is 1.10. The van der Waals surface area contributed by atoms with Gasteiger partial charge in [-0.25, -0.2) is 4.79 Å². The lowest BCUT2D eigenvalue weighted by molar-refractivity contribution is -0.146. The van der Waals surface area contributed by atoms with Crippen molar-refractivity contribution in [2.45, 2.75) is 6.61 Å². The van der Waals surface area contributed by atoms with Crippen LogP contribution in [0.3, 0.4) is 0 Å². The quantitative estimate of drug-likeness (QED) is 0.539. The summed E-state index contributed by atoms with van der Waals surface area (Å²) in [5, 5.41) is 0. The number of fused-ring (bicyclic) bond motifs is 1. The van der Waals surface area contributed by atoms with E-state index in [4.69, 9.17) is 9.47 Å². The Balaban J connectivity index is 2.32. The van der Waals surface area contributed by atoms with Crippen LogP contribution in [-0.2, 0) is 16.1 Å². The van der Waals surface area contributed by atoms with Crippen molar-refractivity contribution < 1.29 is 14.3 Å². The molecule has 0 saturated heterocycles. The van der Waals surface area contributed by atoms with Gasteiger partial charge < -0.3 is 9.47 Å². The van der Waals surface area contributed by atoms with Crippen molar-refractivity contribution in [2.75, 3.05) is 6.61 Å². The molecule has 0 amide bonds. The molecule has 1 aliphatic rings. The third kappa shape index (κ3) is 1.25. The molecule has 3 nitrogen and oxygen atoms in total. The van der Waals surface area contributed by atoms with Crippen molar-refractivity contribution in [3.63, 3.8) is 0 Å². The lowest BCUT2D eigenvalue weighted by Crippen LogP contribution is -2.10. The van der Waals surface area contributed by atoms with Gasteiger partial charge in [-0.1, -0.05) is 18.2 Å². The largest absolute Gasteiger partial charge is 0.481 e. The van der Waals surface area contributed by atoms with Gasteiger partial charge in [0, 0.05) is 5.56 Å². The van der Waals surface area contributed by atoms with Gasteiger partial charge in [-0.05, 0) is 6.07 Å². The predicted molar refractivity (Wildman–Crippen MR) is 41.7 cm³/mol. The number of rotatable bonds is 0. The minimum Gasteiger partial charge on any atom is -0.481 e. The van der Waals surface area contributed by atoms with Crippen LogP contribution in [0.1, 0.15) is 5.56 Å². The number of carbonyl (C=O) groups excluding carboxylic acids is 1. The Bertz CT molecular complexity index is 277. The van der Waals surface area contributed by atoms with Crippen molar-refractivity contribution in [3.8, 4) is 5.75 Å². The third-order valence-corrected chi connectivity index (χ3v) is 1.71. The fourth-order valence-electron chi connectivity index (χ4n) is 1.10. The maximum absolute atomic E-state index is 10.8. The zero-order chi connectivity index (χ0) is 8.39. The smallest absolute Gasteiger partial charge is 0.344 e. The van der Waals surface area contributed by atoms with E-state index in [1.54, 1.807) is 0 Å². The van der Waals surface area contributed by atoms with E-state index in [2.05, 4.69) is 0 Å². The molecule has 0 saturated carbocycles. The lowest BCUT2D eigenvalue weighted by Gasteiger charge is -2.02. The van der Waals surface area contributed by atoms with Crippen molar-refractivity contribution in [1.29, 1.82) is 0 Å². The van der Waals surface area contributed by atoms with Gasteiger partial charge in [0.15, 0.2) is 6.61 Å². The van der Waals surface area contributed by atoms with E-state index in [1.807, 2.05) is 24.3 Å². The summed E-state index contributed by atoms with van der Waals surface area (Å²) in [5.41, 5.74) is 0.920. The number of hydrogen-bond donors (Lipinski definition) is 0. The van der Waals surface area contributed by atoms with E-state index in [0.717, 1.165) is 11.3 Å². The minimum atomic E-state index is -0.314. The molecule has 0 spiro atoms. The Labute approximate surface area is 69.9 Å². The molecule has 2 rings (SSSR count). The number of benzene rings is 1. The van der Waals surface area contributed by atoms with Crippen molar-refractivity contribution in [3.05, 3.63) is 29.8 Å². The van der Waals surface area contributed by atoms with Crippen molar-refractivity contribution >= 4 is 5.97 Å². The Morgan fingerprint density at radius 2 is 1.92 bits per heavy atom. The van der Waals surface area contributed by atoms with Crippen LogP contribution in [-0.4, -0.2) is 12.6 Å². The highest BCUT2D eigenvalue weighted by Crippen LogP contribution is 2.20. The highest BCUT2D eigenvalue weighted by Gasteiger charge is 2.13. The van der Waals surface area contributed by atoms with Gasteiger partial charge in [0.05, 0.1) is 0 Å². The molecule has 0 fully saturated rings. The van der Waals surface area contributed by atoms with E-state index in [1.165, 1.54) is 0 Å². The molecule has 0 bridgehead atoms. The van der Waals surface area contributed by atoms with Crippen molar-refractivity contribution in [1.82, 2.24) is 0 Å². The molecule has 0 aromatic heterocycles. The first kappa shape index (κ1) is 7.16. The summed E-state index contributed by atoms with van der Waals surface area (Å²) in [7, 11) is 0. The van der Waals surface area contributed by atoms with Crippen molar-refractivity contribution in [2.24, 2.45) is 0 Å². The lowest BCUT2D eigenvalue weighted by atomic mass is 10.2. The number of ether oxygens (including phenoxy) is 2. The molecule has 1 aromatic rings. The van der Waals surface area contributed by atoms with Crippen LogP contribution in [0.15, 0.2) is 24.3 Å². The van der Waals surface area contributed by atoms with E-state index < -0.39 is 0 Å². The first-order chi connectivity index (χ1) is 5.86. The molecule has 0 atom stereocenters. The molecule has 1 aliphatic heterocycles. The number of para-hydroxylation sites is 1. The van der Waals surface area contributed by atoms with Crippen LogP contribution in [0, 0.1) is 0 Å². The SMILES string of the molecule is O=C1COc2ccccc2CO1. The van der Waals surface area contributed by atoms with Gasteiger partial charge >= 0.3 is 5.97 Å². The molecule has 1 heterocycles. The second kappa shape index (κ2) is 2.85. The van der Waals surface area contributed by atoms with Crippen LogP contribution >= 0.6 is 0 Å². The monoisotopic (exact) mass is 164 g/mol. The summed E-state index contributed by atoms with van der Waals surface area (Å²) >= 11 is 0. The first-order valence-electron chi connectivity index (χ1n) is 3.72. The topological polar surface area (TPSA) is 35.5 Å². The average Bonchev–Trinajstić information content (AvgIpc) is 2.29. The normalized spacial score (nSPS) is 15.5. The molecule has 3 heteroatoms. The molecule has 0 aliphatic carbocycles. The van der Waals surface area contributed by atoms with Gasteiger partial charge in [0.1, 0.15) is 12.4 Å². The molecule has 1 aromatic carbocycles. The highest BCUT2D eigenvalue weighted by molar-refractivity contribution is 5.71. The van der Waals surface area contributed by atoms with E-state index >= 15 is 0 Å². The second-order valence-electron chi connectivity index (χ2n) is 2.56. The summed E-state index contributed by atoms with van der Waals surface area (Å²) in [6, 6.07) is 7.47. The molecule has 62 valence electrons. The summed E-state index contributed by atoms with van der Waals surface area (Å²) in [6.07, 6.45) is 0. The molecule has 0 unspecified atom stereocenters. The van der Waals surface area contributed by atoms with Crippen LogP contribution < -0.4 is 4.74 Å².